The predicted molar refractivity (Wildman–Crippen MR) is 148 cm³/mol. The van der Waals surface area contributed by atoms with Gasteiger partial charge in [0.25, 0.3) is 0 Å². The van der Waals surface area contributed by atoms with Crippen molar-refractivity contribution in [1.29, 1.82) is 0 Å². The highest BCUT2D eigenvalue weighted by Crippen LogP contribution is 2.21. The SMILES string of the molecule is CCNC(=O)C(Cc1ccccc1)N(Cc1ccccc1)C(=O)CN(c1ccc(CC)cc1)S(C)(=O)=O. The zero-order valence-electron chi connectivity index (χ0n) is 21.6. The molecule has 0 aromatic heterocycles. The van der Waals surface area contributed by atoms with Gasteiger partial charge in [0, 0.05) is 19.5 Å². The third-order valence-corrected chi connectivity index (χ3v) is 7.27. The molecular weight excluding hydrogens is 486 g/mol. The summed E-state index contributed by atoms with van der Waals surface area (Å²) in [6, 6.07) is 25.2. The maximum atomic E-state index is 13.9. The van der Waals surface area contributed by atoms with E-state index in [0.29, 0.717) is 18.7 Å². The average Bonchev–Trinajstić information content (AvgIpc) is 2.90. The van der Waals surface area contributed by atoms with Crippen molar-refractivity contribution in [3.63, 3.8) is 0 Å². The Balaban J connectivity index is 2.00. The van der Waals surface area contributed by atoms with Crippen LogP contribution in [0.2, 0.25) is 0 Å². The summed E-state index contributed by atoms with van der Waals surface area (Å²) in [4.78, 5) is 28.6. The van der Waals surface area contributed by atoms with Crippen LogP contribution in [0.3, 0.4) is 0 Å². The Morgan fingerprint density at radius 1 is 0.811 bits per heavy atom. The fourth-order valence-corrected chi connectivity index (χ4v) is 4.99. The second-order valence-corrected chi connectivity index (χ2v) is 10.8. The van der Waals surface area contributed by atoms with Crippen LogP contribution in [0.15, 0.2) is 84.9 Å². The lowest BCUT2D eigenvalue weighted by Gasteiger charge is -2.33. The standard InChI is InChI=1S/C29H35N3O4S/c1-4-23-16-18-26(19-17-23)32(37(3,35)36)22-28(33)31(21-25-14-10-7-11-15-25)27(29(34)30-5-2)20-24-12-8-6-9-13-24/h6-19,27H,4-5,20-22H2,1-3H3,(H,30,34). The molecule has 37 heavy (non-hydrogen) atoms. The molecule has 0 aliphatic rings. The van der Waals surface area contributed by atoms with Gasteiger partial charge in [-0.15, -0.1) is 0 Å². The Hall–Kier alpha value is -3.65. The molecule has 0 bridgehead atoms. The first-order valence-electron chi connectivity index (χ1n) is 12.4. The molecule has 1 atom stereocenters. The quantitative estimate of drug-likeness (QED) is 0.393. The molecule has 0 heterocycles. The minimum atomic E-state index is -3.77. The highest BCUT2D eigenvalue weighted by molar-refractivity contribution is 7.92. The molecule has 8 heteroatoms. The highest BCUT2D eigenvalue weighted by atomic mass is 32.2. The van der Waals surface area contributed by atoms with Crippen LogP contribution in [-0.2, 0) is 39.0 Å². The fourth-order valence-electron chi connectivity index (χ4n) is 4.14. The molecule has 3 aromatic rings. The molecule has 2 amide bonds. The Kier molecular flexibility index (Phi) is 9.85. The largest absolute Gasteiger partial charge is 0.355 e. The number of hydrogen-bond donors (Lipinski definition) is 1. The number of carbonyl (C=O) groups is 2. The zero-order chi connectivity index (χ0) is 26.8. The number of aryl methyl sites for hydroxylation is 1. The van der Waals surface area contributed by atoms with Gasteiger partial charge in [0.05, 0.1) is 11.9 Å². The van der Waals surface area contributed by atoms with E-state index in [9.17, 15) is 18.0 Å². The first-order chi connectivity index (χ1) is 17.7. The van der Waals surface area contributed by atoms with Gasteiger partial charge < -0.3 is 10.2 Å². The van der Waals surface area contributed by atoms with Gasteiger partial charge in [0.2, 0.25) is 21.8 Å². The van der Waals surface area contributed by atoms with Crippen molar-refractivity contribution in [1.82, 2.24) is 10.2 Å². The maximum absolute atomic E-state index is 13.9. The number of hydrogen-bond acceptors (Lipinski definition) is 4. The van der Waals surface area contributed by atoms with E-state index in [4.69, 9.17) is 0 Å². The number of carbonyl (C=O) groups excluding carboxylic acids is 2. The predicted octanol–water partition coefficient (Wildman–Crippen LogP) is 3.79. The number of rotatable bonds is 12. The third kappa shape index (κ3) is 7.92. The zero-order valence-corrected chi connectivity index (χ0v) is 22.4. The molecule has 0 aliphatic carbocycles. The summed E-state index contributed by atoms with van der Waals surface area (Å²) in [7, 11) is -3.77. The molecule has 3 aromatic carbocycles. The first kappa shape index (κ1) is 27.9. The van der Waals surface area contributed by atoms with Crippen LogP contribution in [0, 0.1) is 0 Å². The van der Waals surface area contributed by atoms with Crippen molar-refractivity contribution in [2.45, 2.75) is 39.3 Å². The summed E-state index contributed by atoms with van der Waals surface area (Å²) in [5, 5.41) is 2.85. The summed E-state index contributed by atoms with van der Waals surface area (Å²) < 4.78 is 26.7. The third-order valence-electron chi connectivity index (χ3n) is 6.13. The Bertz CT molecular complexity index is 1260. The highest BCUT2D eigenvalue weighted by Gasteiger charge is 2.32. The molecule has 0 radical (unpaired) electrons. The van der Waals surface area contributed by atoms with Crippen LogP contribution in [0.5, 0.6) is 0 Å². The van der Waals surface area contributed by atoms with Gasteiger partial charge in [0.15, 0.2) is 0 Å². The second-order valence-electron chi connectivity index (χ2n) is 8.90. The minimum Gasteiger partial charge on any atom is -0.355 e. The average molecular weight is 522 g/mol. The molecule has 7 nitrogen and oxygen atoms in total. The van der Waals surface area contributed by atoms with Crippen LogP contribution < -0.4 is 9.62 Å². The minimum absolute atomic E-state index is 0.167. The van der Waals surface area contributed by atoms with Crippen LogP contribution in [0.25, 0.3) is 0 Å². The summed E-state index contributed by atoms with van der Waals surface area (Å²) in [5.74, 6) is -0.741. The number of nitrogens with one attached hydrogen (secondary N) is 1. The topological polar surface area (TPSA) is 86.8 Å². The number of nitrogens with zero attached hydrogens (tertiary/aromatic N) is 2. The van der Waals surface area contributed by atoms with Crippen molar-refractivity contribution in [2.24, 2.45) is 0 Å². The van der Waals surface area contributed by atoms with Gasteiger partial charge in [-0.2, -0.15) is 0 Å². The molecule has 1 N–H and O–H groups in total. The smallest absolute Gasteiger partial charge is 0.244 e. The maximum Gasteiger partial charge on any atom is 0.244 e. The van der Waals surface area contributed by atoms with E-state index in [1.165, 1.54) is 4.90 Å². The summed E-state index contributed by atoms with van der Waals surface area (Å²) in [6.45, 7) is 4.01. The molecule has 0 saturated heterocycles. The van der Waals surface area contributed by atoms with Crippen LogP contribution in [-0.4, -0.2) is 50.5 Å². The fraction of sp³-hybridized carbons (Fsp3) is 0.310. The number of sulfonamides is 1. The van der Waals surface area contributed by atoms with Crippen LogP contribution in [0.4, 0.5) is 5.69 Å². The molecule has 196 valence electrons. The normalized spacial score (nSPS) is 12.0. The summed E-state index contributed by atoms with van der Waals surface area (Å²) in [5.41, 5.74) is 3.22. The first-order valence-corrected chi connectivity index (χ1v) is 14.3. The summed E-state index contributed by atoms with van der Waals surface area (Å²) in [6.07, 6.45) is 2.20. The molecule has 0 aliphatic heterocycles. The van der Waals surface area contributed by atoms with Crippen molar-refractivity contribution in [3.8, 4) is 0 Å². The summed E-state index contributed by atoms with van der Waals surface area (Å²) >= 11 is 0. The van der Waals surface area contributed by atoms with Crippen molar-refractivity contribution in [3.05, 3.63) is 102 Å². The number of anilines is 1. The van der Waals surface area contributed by atoms with Crippen molar-refractivity contribution in [2.75, 3.05) is 23.7 Å². The van der Waals surface area contributed by atoms with Gasteiger partial charge in [0.1, 0.15) is 12.6 Å². The molecule has 0 spiro atoms. The van der Waals surface area contributed by atoms with E-state index in [1.54, 1.807) is 12.1 Å². The molecule has 3 rings (SSSR count). The monoisotopic (exact) mass is 521 g/mol. The number of likely N-dealkylation sites (N-methyl/N-ethyl adjacent to an activating group) is 1. The van der Waals surface area contributed by atoms with Crippen molar-refractivity contribution < 1.29 is 18.0 Å². The molecule has 1 unspecified atom stereocenters. The lowest BCUT2D eigenvalue weighted by atomic mass is 10.0. The van der Waals surface area contributed by atoms with E-state index >= 15 is 0 Å². The van der Waals surface area contributed by atoms with Gasteiger partial charge in [-0.05, 0) is 42.2 Å². The number of benzene rings is 3. The molecular formula is C29H35N3O4S. The van der Waals surface area contributed by atoms with Gasteiger partial charge in [-0.3, -0.25) is 13.9 Å². The van der Waals surface area contributed by atoms with E-state index in [0.717, 1.165) is 33.7 Å². The van der Waals surface area contributed by atoms with Gasteiger partial charge >= 0.3 is 0 Å². The molecule has 0 fully saturated rings. The Morgan fingerprint density at radius 2 is 1.38 bits per heavy atom. The van der Waals surface area contributed by atoms with E-state index in [2.05, 4.69) is 5.32 Å². The van der Waals surface area contributed by atoms with E-state index in [-0.39, 0.29) is 12.5 Å². The Labute approximate surface area is 220 Å². The number of amides is 2. The van der Waals surface area contributed by atoms with Crippen LogP contribution >= 0.6 is 0 Å². The lowest BCUT2D eigenvalue weighted by Crippen LogP contribution is -2.53. The Morgan fingerprint density at radius 3 is 1.89 bits per heavy atom. The molecule has 0 saturated carbocycles. The van der Waals surface area contributed by atoms with Crippen LogP contribution in [0.1, 0.15) is 30.5 Å². The van der Waals surface area contributed by atoms with E-state index in [1.807, 2.05) is 86.6 Å². The van der Waals surface area contributed by atoms with Gasteiger partial charge in [-0.25, -0.2) is 8.42 Å². The lowest BCUT2D eigenvalue weighted by molar-refractivity contribution is -0.140. The van der Waals surface area contributed by atoms with Gasteiger partial charge in [-0.1, -0.05) is 79.7 Å². The second kappa shape index (κ2) is 13.1. The van der Waals surface area contributed by atoms with Crippen molar-refractivity contribution >= 4 is 27.5 Å². The van der Waals surface area contributed by atoms with E-state index < -0.39 is 28.5 Å².